The van der Waals surface area contributed by atoms with Crippen molar-refractivity contribution in [1.82, 2.24) is 6.15 Å². The quantitative estimate of drug-likeness (QED) is 0.151. The number of hydrogen-bond acceptors (Lipinski definition) is 5. The molecular formula is C10H17N2Na3O8+4. The van der Waals surface area contributed by atoms with Crippen molar-refractivity contribution in [2.24, 2.45) is 0 Å². The van der Waals surface area contributed by atoms with Crippen LogP contribution in [0, 0.1) is 0 Å². The van der Waals surface area contributed by atoms with Gasteiger partial charge in [-0.2, -0.15) is 0 Å². The zero-order chi connectivity index (χ0) is 15.2. The first kappa shape index (κ1) is 34.8. The summed E-state index contributed by atoms with van der Waals surface area (Å²) in [6.45, 7) is 0.325. The maximum Gasteiger partial charge on any atom is 1.00 e. The van der Waals surface area contributed by atoms with Gasteiger partial charge in [0.05, 0.1) is 0 Å². The largest absolute Gasteiger partial charge is 1.00 e. The van der Waals surface area contributed by atoms with Crippen molar-refractivity contribution in [2.45, 2.75) is 6.04 Å². The van der Waals surface area contributed by atoms with Crippen molar-refractivity contribution in [1.29, 1.82) is 0 Å². The molecule has 0 aliphatic carbocycles. The zero-order valence-corrected chi connectivity index (χ0v) is 19.6. The summed E-state index contributed by atoms with van der Waals surface area (Å²) in [6.07, 6.45) is 0.831. The standard InChI is InChI=1S/C10H13NO8.H3N.3Na/c1-2-6(10(18)19)11(3-7(12)13,4-8(14)15)5-9(16)17;;;;/h2,6H,1,3-5H2,(H3-,12,13,14,15,16,17,18,19);1H3;;;/q;;3*+1/p+1. The summed E-state index contributed by atoms with van der Waals surface area (Å²) in [7, 11) is 0. The number of carboxylic acids is 4. The van der Waals surface area contributed by atoms with E-state index in [-0.39, 0.29) is 94.8 Å². The van der Waals surface area contributed by atoms with E-state index in [0.717, 1.165) is 6.08 Å². The minimum atomic E-state index is -1.65. The van der Waals surface area contributed by atoms with Crippen LogP contribution in [0.5, 0.6) is 0 Å². The molecule has 0 spiro atoms. The van der Waals surface area contributed by atoms with Crippen LogP contribution in [0.4, 0.5) is 0 Å². The molecule has 0 saturated heterocycles. The molecule has 0 fully saturated rings. The van der Waals surface area contributed by atoms with Gasteiger partial charge in [-0.15, -0.1) is 0 Å². The molecule has 0 amide bonds. The van der Waals surface area contributed by atoms with Crippen LogP contribution in [0.3, 0.4) is 0 Å². The molecule has 0 aromatic rings. The first-order chi connectivity index (χ1) is 8.64. The number of quaternary nitrogens is 1. The number of rotatable bonds is 9. The molecule has 1 atom stereocenters. The first-order valence-corrected chi connectivity index (χ1v) is 5.01. The van der Waals surface area contributed by atoms with Gasteiger partial charge in [0.2, 0.25) is 6.04 Å². The van der Waals surface area contributed by atoms with Crippen molar-refractivity contribution >= 4 is 23.9 Å². The Labute approximate surface area is 199 Å². The molecule has 0 bridgehead atoms. The van der Waals surface area contributed by atoms with Gasteiger partial charge in [0.15, 0.2) is 19.6 Å². The molecule has 0 saturated carbocycles. The average molecular weight is 362 g/mol. The summed E-state index contributed by atoms with van der Waals surface area (Å²) < 4.78 is -1.18. The Hall–Kier alpha value is 0.540. The van der Waals surface area contributed by atoms with Crippen molar-refractivity contribution < 1.29 is 133 Å². The molecule has 0 aromatic heterocycles. The number of nitrogens with zero attached hydrogens (tertiary/aromatic N) is 1. The minimum Gasteiger partial charge on any atom is -0.477 e. The summed E-state index contributed by atoms with van der Waals surface area (Å²) in [6, 6.07) is -1.65. The summed E-state index contributed by atoms with van der Waals surface area (Å²) in [4.78, 5) is 43.4. The Kier molecular flexibility index (Phi) is 24.3. The SMILES string of the molecule is C=CC(C(=O)O)[N+](CC(=O)O)(CC(=O)O)CC(=O)O.N.[Na+].[Na+].[Na+]. The Bertz CT molecular complexity index is 392. The fourth-order valence-corrected chi connectivity index (χ4v) is 1.83. The van der Waals surface area contributed by atoms with E-state index in [1.807, 2.05) is 0 Å². The van der Waals surface area contributed by atoms with Crippen molar-refractivity contribution in [3.05, 3.63) is 12.7 Å². The van der Waals surface area contributed by atoms with Crippen LogP contribution in [0.2, 0.25) is 0 Å². The molecule has 1 unspecified atom stereocenters. The van der Waals surface area contributed by atoms with E-state index in [2.05, 4.69) is 6.58 Å². The van der Waals surface area contributed by atoms with Crippen LogP contribution in [0.15, 0.2) is 12.7 Å². The van der Waals surface area contributed by atoms with Gasteiger partial charge < -0.3 is 26.6 Å². The number of carboxylic acid groups (broad SMARTS) is 4. The van der Waals surface area contributed by atoms with Gasteiger partial charge in [-0.1, -0.05) is 6.58 Å². The van der Waals surface area contributed by atoms with Crippen LogP contribution < -0.4 is 94.8 Å². The van der Waals surface area contributed by atoms with Crippen LogP contribution in [0.25, 0.3) is 0 Å². The summed E-state index contributed by atoms with van der Waals surface area (Å²) in [5, 5.41) is 35.3. The predicted molar refractivity (Wildman–Crippen MR) is 64.4 cm³/mol. The summed E-state index contributed by atoms with van der Waals surface area (Å²) >= 11 is 0. The molecule has 0 heterocycles. The molecule has 0 radical (unpaired) electrons. The first-order valence-electron chi connectivity index (χ1n) is 5.01. The van der Waals surface area contributed by atoms with Gasteiger partial charge in [0.1, 0.15) is 0 Å². The third-order valence-corrected chi connectivity index (χ3v) is 2.42. The van der Waals surface area contributed by atoms with Crippen LogP contribution in [-0.4, -0.2) is 74.5 Å². The van der Waals surface area contributed by atoms with Gasteiger partial charge in [-0.3, -0.25) is 4.48 Å². The normalized spacial score (nSPS) is 10.3. The predicted octanol–water partition coefficient (Wildman–Crippen LogP) is -10.1. The maximum atomic E-state index is 11.1. The maximum absolute atomic E-state index is 11.1. The molecule has 0 aliphatic heterocycles. The van der Waals surface area contributed by atoms with Crippen LogP contribution in [0.1, 0.15) is 0 Å². The second kappa shape index (κ2) is 16.0. The summed E-state index contributed by atoms with van der Waals surface area (Å²) in [5.41, 5.74) is 0. The van der Waals surface area contributed by atoms with E-state index in [0.29, 0.717) is 0 Å². The Morgan fingerprint density at radius 2 is 1.09 bits per heavy atom. The topological polar surface area (TPSA) is 184 Å². The van der Waals surface area contributed by atoms with E-state index in [9.17, 15) is 19.2 Å². The van der Waals surface area contributed by atoms with Gasteiger partial charge in [0.25, 0.3) is 0 Å². The van der Waals surface area contributed by atoms with Crippen LogP contribution in [-0.2, 0) is 19.2 Å². The summed E-state index contributed by atoms with van der Waals surface area (Å²) in [5.74, 6) is -6.06. The molecule has 23 heavy (non-hydrogen) atoms. The fourth-order valence-electron chi connectivity index (χ4n) is 1.83. The number of hydrogen-bond donors (Lipinski definition) is 5. The van der Waals surface area contributed by atoms with Crippen molar-refractivity contribution in [3.63, 3.8) is 0 Å². The Morgan fingerprint density at radius 3 is 1.22 bits per heavy atom. The zero-order valence-electron chi connectivity index (χ0n) is 13.6. The third kappa shape index (κ3) is 12.5. The molecule has 114 valence electrons. The molecular weight excluding hydrogens is 345 g/mol. The molecule has 0 rings (SSSR count). The second-order valence-corrected chi connectivity index (χ2v) is 3.89. The molecule has 0 aromatic carbocycles. The van der Waals surface area contributed by atoms with Gasteiger partial charge in [0, 0.05) is 0 Å². The van der Waals surface area contributed by atoms with Gasteiger partial charge in [-0.25, -0.2) is 19.2 Å². The van der Waals surface area contributed by atoms with Crippen LogP contribution >= 0.6 is 0 Å². The van der Waals surface area contributed by atoms with E-state index in [1.165, 1.54) is 0 Å². The van der Waals surface area contributed by atoms with Crippen molar-refractivity contribution in [2.75, 3.05) is 19.6 Å². The van der Waals surface area contributed by atoms with E-state index >= 15 is 0 Å². The number of aliphatic carboxylic acids is 4. The minimum absolute atomic E-state index is 0. The van der Waals surface area contributed by atoms with E-state index < -0.39 is 54.0 Å². The average Bonchev–Trinajstić information content (AvgIpc) is 2.12. The molecule has 0 aliphatic rings. The molecule has 13 heteroatoms. The van der Waals surface area contributed by atoms with Crippen molar-refractivity contribution in [3.8, 4) is 0 Å². The van der Waals surface area contributed by atoms with E-state index in [4.69, 9.17) is 20.4 Å². The fraction of sp³-hybridized carbons (Fsp3) is 0.400. The van der Waals surface area contributed by atoms with Gasteiger partial charge in [-0.05, 0) is 6.08 Å². The molecule has 7 N–H and O–H groups in total. The second-order valence-electron chi connectivity index (χ2n) is 3.89. The van der Waals surface area contributed by atoms with E-state index in [1.54, 1.807) is 0 Å². The van der Waals surface area contributed by atoms with Gasteiger partial charge >= 0.3 is 113 Å². The Balaban J connectivity index is -0.000000270. The number of carbonyl (C=O) groups is 4. The third-order valence-electron chi connectivity index (χ3n) is 2.42. The molecule has 10 nitrogen and oxygen atoms in total. The Morgan fingerprint density at radius 1 is 0.826 bits per heavy atom. The monoisotopic (exact) mass is 362 g/mol. The smallest absolute Gasteiger partial charge is 0.477 e.